The summed E-state index contributed by atoms with van der Waals surface area (Å²) >= 11 is 0. The molecular formula is C19H21N3O5S. The number of nitrogens with one attached hydrogen (secondary N) is 1. The van der Waals surface area contributed by atoms with E-state index in [0.29, 0.717) is 22.9 Å². The van der Waals surface area contributed by atoms with Crippen LogP contribution in [0.4, 0.5) is 0 Å². The van der Waals surface area contributed by atoms with Gasteiger partial charge < -0.3 is 14.0 Å². The quantitative estimate of drug-likeness (QED) is 0.617. The molecule has 1 N–H and O–H groups in total. The highest BCUT2D eigenvalue weighted by Crippen LogP contribution is 2.31. The Morgan fingerprint density at radius 3 is 2.54 bits per heavy atom. The van der Waals surface area contributed by atoms with Crippen LogP contribution in [-0.2, 0) is 22.3 Å². The first-order valence-electron chi connectivity index (χ1n) is 8.48. The highest BCUT2D eigenvalue weighted by molar-refractivity contribution is 7.88. The number of aryl methyl sites for hydroxylation is 1. The highest BCUT2D eigenvalue weighted by atomic mass is 32.2. The molecule has 3 aromatic rings. The molecule has 1 heterocycles. The van der Waals surface area contributed by atoms with Crippen molar-refractivity contribution in [1.29, 1.82) is 0 Å². The topological polar surface area (TPSA) is 104 Å². The molecule has 2 aromatic carbocycles. The molecule has 0 fully saturated rings. The maximum absolute atomic E-state index is 12.3. The monoisotopic (exact) mass is 403 g/mol. The van der Waals surface area contributed by atoms with E-state index in [1.807, 2.05) is 25.1 Å². The Morgan fingerprint density at radius 1 is 1.07 bits per heavy atom. The van der Waals surface area contributed by atoms with Crippen LogP contribution < -0.4 is 14.2 Å². The molecule has 0 atom stereocenters. The normalized spacial score (nSPS) is 11.4. The standard InChI is InChI=1S/C19H21N3O5S/c1-13-6-4-5-7-15(13)12-28(23,24)20-11-18-21-19(22-27-18)14-8-9-16(25-2)17(10-14)26-3/h4-10,20H,11-12H2,1-3H3. The number of rotatable bonds is 8. The summed E-state index contributed by atoms with van der Waals surface area (Å²) < 4.78 is 42.8. The fraction of sp³-hybridized carbons (Fsp3) is 0.263. The number of hydrogen-bond donors (Lipinski definition) is 1. The first-order valence-corrected chi connectivity index (χ1v) is 10.1. The zero-order valence-corrected chi connectivity index (χ0v) is 16.6. The predicted octanol–water partition coefficient (Wildman–Crippen LogP) is 2.68. The van der Waals surface area contributed by atoms with Crippen molar-refractivity contribution in [2.75, 3.05) is 14.2 Å². The summed E-state index contributed by atoms with van der Waals surface area (Å²) in [5.74, 6) is 1.49. The average Bonchev–Trinajstić information content (AvgIpc) is 3.17. The van der Waals surface area contributed by atoms with Crippen LogP contribution in [0.5, 0.6) is 11.5 Å². The Bertz CT molecular complexity index is 1060. The van der Waals surface area contributed by atoms with E-state index in [0.717, 1.165) is 11.1 Å². The summed E-state index contributed by atoms with van der Waals surface area (Å²) in [4.78, 5) is 4.24. The predicted molar refractivity (Wildman–Crippen MR) is 103 cm³/mol. The average molecular weight is 403 g/mol. The molecular weight excluding hydrogens is 382 g/mol. The fourth-order valence-electron chi connectivity index (χ4n) is 2.62. The molecule has 9 heteroatoms. The third kappa shape index (κ3) is 4.68. The Morgan fingerprint density at radius 2 is 1.82 bits per heavy atom. The van der Waals surface area contributed by atoms with Gasteiger partial charge in [0.15, 0.2) is 11.5 Å². The molecule has 28 heavy (non-hydrogen) atoms. The van der Waals surface area contributed by atoms with Crippen molar-refractivity contribution in [3.05, 3.63) is 59.5 Å². The summed E-state index contributed by atoms with van der Waals surface area (Å²) in [5, 5.41) is 3.90. The van der Waals surface area contributed by atoms with Crippen molar-refractivity contribution in [3.63, 3.8) is 0 Å². The lowest BCUT2D eigenvalue weighted by molar-refractivity contribution is 0.355. The van der Waals surface area contributed by atoms with Crippen LogP contribution in [0.15, 0.2) is 47.0 Å². The van der Waals surface area contributed by atoms with Crippen LogP contribution >= 0.6 is 0 Å². The molecule has 0 spiro atoms. The van der Waals surface area contributed by atoms with Crippen LogP contribution in [0.1, 0.15) is 17.0 Å². The zero-order chi connectivity index (χ0) is 20.1. The van der Waals surface area contributed by atoms with Gasteiger partial charge in [0.05, 0.1) is 26.5 Å². The van der Waals surface area contributed by atoms with Crippen LogP contribution in [0.25, 0.3) is 11.4 Å². The van der Waals surface area contributed by atoms with Crippen molar-refractivity contribution in [2.45, 2.75) is 19.2 Å². The van der Waals surface area contributed by atoms with Gasteiger partial charge in [-0.1, -0.05) is 29.4 Å². The zero-order valence-electron chi connectivity index (χ0n) is 15.8. The van der Waals surface area contributed by atoms with Crippen LogP contribution in [0.2, 0.25) is 0 Å². The molecule has 0 aliphatic carbocycles. The number of ether oxygens (including phenoxy) is 2. The van der Waals surface area contributed by atoms with Crippen LogP contribution in [-0.4, -0.2) is 32.8 Å². The first kappa shape index (κ1) is 19.8. The maximum Gasteiger partial charge on any atom is 0.242 e. The van der Waals surface area contributed by atoms with Crippen molar-refractivity contribution >= 4 is 10.0 Å². The minimum atomic E-state index is -3.54. The largest absolute Gasteiger partial charge is 0.493 e. The molecule has 0 radical (unpaired) electrons. The Balaban J connectivity index is 1.69. The van der Waals surface area contributed by atoms with E-state index in [1.165, 1.54) is 7.11 Å². The lowest BCUT2D eigenvalue weighted by Crippen LogP contribution is -2.25. The SMILES string of the molecule is COc1ccc(-c2noc(CNS(=O)(=O)Cc3ccccc3C)n2)cc1OC. The minimum Gasteiger partial charge on any atom is -0.493 e. The molecule has 1 aromatic heterocycles. The molecule has 0 saturated heterocycles. The number of methoxy groups -OCH3 is 2. The Hall–Kier alpha value is -2.91. The van der Waals surface area contributed by atoms with Gasteiger partial charge in [0.2, 0.25) is 21.7 Å². The van der Waals surface area contributed by atoms with E-state index in [2.05, 4.69) is 14.9 Å². The van der Waals surface area contributed by atoms with Gasteiger partial charge in [-0.3, -0.25) is 0 Å². The molecule has 0 aliphatic heterocycles. The molecule has 148 valence electrons. The van der Waals surface area contributed by atoms with Gasteiger partial charge >= 0.3 is 0 Å². The van der Waals surface area contributed by atoms with E-state index in [4.69, 9.17) is 14.0 Å². The molecule has 3 rings (SSSR count). The summed E-state index contributed by atoms with van der Waals surface area (Å²) in [7, 11) is -0.462. The third-order valence-corrected chi connectivity index (χ3v) is 5.44. The molecule has 0 unspecified atom stereocenters. The smallest absolute Gasteiger partial charge is 0.242 e. The third-order valence-electron chi connectivity index (χ3n) is 4.16. The molecule has 0 amide bonds. The number of nitrogens with zero attached hydrogens (tertiary/aromatic N) is 2. The molecule has 0 aliphatic rings. The van der Waals surface area contributed by atoms with E-state index >= 15 is 0 Å². The van der Waals surface area contributed by atoms with E-state index in [1.54, 1.807) is 31.4 Å². The van der Waals surface area contributed by atoms with Gasteiger partial charge in [0.1, 0.15) is 0 Å². The van der Waals surface area contributed by atoms with Gasteiger partial charge in [0.25, 0.3) is 0 Å². The molecule has 0 saturated carbocycles. The summed E-state index contributed by atoms with van der Waals surface area (Å²) in [6.45, 7) is 1.78. The van der Waals surface area contributed by atoms with Crippen LogP contribution in [0.3, 0.4) is 0 Å². The second-order valence-corrected chi connectivity index (χ2v) is 7.90. The lowest BCUT2D eigenvalue weighted by atomic mass is 10.1. The Kier molecular flexibility index (Phi) is 5.96. The van der Waals surface area contributed by atoms with E-state index in [-0.39, 0.29) is 18.2 Å². The summed E-state index contributed by atoms with van der Waals surface area (Å²) in [5.41, 5.74) is 2.32. The van der Waals surface area contributed by atoms with Crippen molar-refractivity contribution in [1.82, 2.24) is 14.9 Å². The first-order chi connectivity index (χ1) is 13.4. The van der Waals surface area contributed by atoms with Gasteiger partial charge in [-0.2, -0.15) is 4.98 Å². The van der Waals surface area contributed by atoms with Gasteiger partial charge in [-0.15, -0.1) is 0 Å². The van der Waals surface area contributed by atoms with Crippen molar-refractivity contribution in [2.24, 2.45) is 0 Å². The van der Waals surface area contributed by atoms with Gasteiger partial charge in [-0.05, 0) is 36.2 Å². The number of benzene rings is 2. The van der Waals surface area contributed by atoms with Gasteiger partial charge in [0, 0.05) is 5.56 Å². The Labute approximate surface area is 163 Å². The maximum atomic E-state index is 12.3. The van der Waals surface area contributed by atoms with Gasteiger partial charge in [-0.25, -0.2) is 13.1 Å². The minimum absolute atomic E-state index is 0.0888. The van der Waals surface area contributed by atoms with Crippen molar-refractivity contribution < 1.29 is 22.4 Å². The highest BCUT2D eigenvalue weighted by Gasteiger charge is 2.16. The fourth-order valence-corrected chi connectivity index (χ4v) is 3.80. The van der Waals surface area contributed by atoms with Crippen molar-refractivity contribution in [3.8, 4) is 22.9 Å². The van der Waals surface area contributed by atoms with E-state index < -0.39 is 10.0 Å². The van der Waals surface area contributed by atoms with E-state index in [9.17, 15) is 8.42 Å². The van der Waals surface area contributed by atoms with Crippen LogP contribution in [0, 0.1) is 6.92 Å². The summed E-state index contributed by atoms with van der Waals surface area (Å²) in [6.07, 6.45) is 0. The molecule has 8 nitrogen and oxygen atoms in total. The number of sulfonamides is 1. The number of aromatic nitrogens is 2. The second kappa shape index (κ2) is 8.41. The molecule has 0 bridgehead atoms. The summed E-state index contributed by atoms with van der Waals surface area (Å²) in [6, 6.07) is 12.6. The number of hydrogen-bond acceptors (Lipinski definition) is 7. The second-order valence-electron chi connectivity index (χ2n) is 6.09. The lowest BCUT2D eigenvalue weighted by Gasteiger charge is -2.07.